The Labute approximate surface area is 155 Å². The zero-order valence-electron chi connectivity index (χ0n) is 14.5. The fourth-order valence-corrected chi connectivity index (χ4v) is 4.39. The molecule has 0 atom stereocenters. The Bertz CT molecular complexity index is 749. The first-order valence-corrected chi connectivity index (χ1v) is 9.81. The summed E-state index contributed by atoms with van der Waals surface area (Å²) in [7, 11) is 0. The van der Waals surface area contributed by atoms with Crippen LogP contribution in [0, 0.1) is 0 Å². The number of halogens is 3. The van der Waals surface area contributed by atoms with Crippen molar-refractivity contribution in [2.24, 2.45) is 0 Å². The average Bonchev–Trinajstić information content (AvgIpc) is 3.03. The van der Waals surface area contributed by atoms with Crippen LogP contribution in [0.25, 0.3) is 0 Å². The largest absolute Gasteiger partial charge is 0.416 e. The van der Waals surface area contributed by atoms with Gasteiger partial charge in [0.15, 0.2) is 5.16 Å². The molecule has 7 heteroatoms. The fraction of sp³-hybridized carbons (Fsp3) is 0.474. The van der Waals surface area contributed by atoms with Crippen molar-refractivity contribution in [3.8, 4) is 0 Å². The Morgan fingerprint density at radius 1 is 1.15 bits per heavy atom. The molecule has 1 aromatic heterocycles. The fourth-order valence-electron chi connectivity index (χ4n) is 3.44. The van der Waals surface area contributed by atoms with Crippen molar-refractivity contribution < 1.29 is 13.2 Å². The van der Waals surface area contributed by atoms with Gasteiger partial charge < -0.3 is 4.57 Å². The third-order valence-electron chi connectivity index (χ3n) is 4.71. The SMILES string of the molecule is C=CCn1c(SCc2ccccc2C(F)(F)F)nnc1C1CCCCC1. The number of allylic oxidation sites excluding steroid dienone is 1. The van der Waals surface area contributed by atoms with Crippen LogP contribution in [-0.2, 0) is 18.5 Å². The topological polar surface area (TPSA) is 30.7 Å². The molecule has 3 rings (SSSR count). The summed E-state index contributed by atoms with van der Waals surface area (Å²) in [6, 6.07) is 5.69. The highest BCUT2D eigenvalue weighted by atomic mass is 32.2. The lowest BCUT2D eigenvalue weighted by atomic mass is 9.89. The molecule has 0 radical (unpaired) electrons. The highest BCUT2D eigenvalue weighted by molar-refractivity contribution is 7.98. The number of rotatable bonds is 6. The van der Waals surface area contributed by atoms with Gasteiger partial charge in [-0.25, -0.2) is 0 Å². The van der Waals surface area contributed by atoms with Crippen LogP contribution >= 0.6 is 11.8 Å². The predicted molar refractivity (Wildman–Crippen MR) is 97.1 cm³/mol. The average molecular weight is 381 g/mol. The Balaban J connectivity index is 1.80. The maximum atomic E-state index is 13.2. The van der Waals surface area contributed by atoms with E-state index in [0.717, 1.165) is 24.7 Å². The molecule has 140 valence electrons. The predicted octanol–water partition coefficient (Wildman–Crippen LogP) is 5.82. The van der Waals surface area contributed by atoms with E-state index in [1.807, 2.05) is 4.57 Å². The van der Waals surface area contributed by atoms with Crippen LogP contribution in [0.1, 0.15) is 55.0 Å². The van der Waals surface area contributed by atoms with Gasteiger partial charge in [0.25, 0.3) is 0 Å². The molecule has 0 saturated heterocycles. The van der Waals surface area contributed by atoms with E-state index in [0.29, 0.717) is 17.6 Å². The first-order valence-electron chi connectivity index (χ1n) is 8.82. The molecule has 1 fully saturated rings. The lowest BCUT2D eigenvalue weighted by Gasteiger charge is -2.21. The van der Waals surface area contributed by atoms with Crippen LogP contribution in [0.15, 0.2) is 42.1 Å². The van der Waals surface area contributed by atoms with Gasteiger partial charge in [-0.15, -0.1) is 16.8 Å². The molecule has 0 aliphatic heterocycles. The highest BCUT2D eigenvalue weighted by Gasteiger charge is 2.33. The van der Waals surface area contributed by atoms with Crippen molar-refractivity contribution in [1.82, 2.24) is 14.8 Å². The molecule has 0 bridgehead atoms. The highest BCUT2D eigenvalue weighted by Crippen LogP contribution is 2.36. The van der Waals surface area contributed by atoms with Crippen molar-refractivity contribution in [2.75, 3.05) is 0 Å². The maximum absolute atomic E-state index is 13.2. The Hall–Kier alpha value is -1.76. The van der Waals surface area contributed by atoms with Gasteiger partial charge in [-0.2, -0.15) is 13.2 Å². The van der Waals surface area contributed by atoms with Crippen molar-refractivity contribution >= 4 is 11.8 Å². The molecule has 1 aromatic carbocycles. The lowest BCUT2D eigenvalue weighted by Crippen LogP contribution is -2.12. The summed E-state index contributed by atoms with van der Waals surface area (Å²) in [5.74, 6) is 1.53. The summed E-state index contributed by atoms with van der Waals surface area (Å²) < 4.78 is 41.5. The van der Waals surface area contributed by atoms with Gasteiger partial charge >= 0.3 is 6.18 Å². The minimum Gasteiger partial charge on any atom is -0.302 e. The van der Waals surface area contributed by atoms with Crippen molar-refractivity contribution in [1.29, 1.82) is 0 Å². The number of thioether (sulfide) groups is 1. The van der Waals surface area contributed by atoms with Crippen LogP contribution in [0.4, 0.5) is 13.2 Å². The molecule has 0 spiro atoms. The molecule has 1 heterocycles. The van der Waals surface area contributed by atoms with Crippen molar-refractivity contribution in [3.63, 3.8) is 0 Å². The van der Waals surface area contributed by atoms with Gasteiger partial charge in [0.2, 0.25) is 0 Å². The van der Waals surface area contributed by atoms with E-state index in [1.54, 1.807) is 12.1 Å². The van der Waals surface area contributed by atoms with Gasteiger partial charge in [0.1, 0.15) is 5.82 Å². The zero-order chi connectivity index (χ0) is 18.6. The van der Waals surface area contributed by atoms with Gasteiger partial charge in [-0.05, 0) is 24.5 Å². The summed E-state index contributed by atoms with van der Waals surface area (Å²) in [5, 5.41) is 9.28. The van der Waals surface area contributed by atoms with Crippen molar-refractivity contribution in [3.05, 3.63) is 53.9 Å². The lowest BCUT2D eigenvalue weighted by molar-refractivity contribution is -0.138. The molecule has 3 nitrogen and oxygen atoms in total. The monoisotopic (exact) mass is 381 g/mol. The number of hydrogen-bond donors (Lipinski definition) is 0. The minimum absolute atomic E-state index is 0.204. The Morgan fingerprint density at radius 3 is 2.58 bits per heavy atom. The smallest absolute Gasteiger partial charge is 0.302 e. The molecule has 0 N–H and O–H groups in total. The summed E-state index contributed by atoms with van der Waals surface area (Å²) >= 11 is 1.30. The number of hydrogen-bond acceptors (Lipinski definition) is 3. The van der Waals surface area contributed by atoms with Crippen LogP contribution in [0.2, 0.25) is 0 Å². The quantitative estimate of drug-likeness (QED) is 0.466. The summed E-state index contributed by atoms with van der Waals surface area (Å²) in [5.41, 5.74) is -0.327. The Morgan fingerprint density at radius 2 is 1.88 bits per heavy atom. The number of benzene rings is 1. The number of nitrogens with zero attached hydrogens (tertiary/aromatic N) is 3. The van der Waals surface area contributed by atoms with E-state index < -0.39 is 11.7 Å². The standard InChI is InChI=1S/C19H22F3N3S/c1-2-12-25-17(14-8-4-3-5-9-14)23-24-18(25)26-13-15-10-6-7-11-16(15)19(20,21)22/h2,6-7,10-11,14H,1,3-5,8-9,12-13H2. The molecule has 1 aliphatic rings. The normalized spacial score (nSPS) is 16.0. The molecular weight excluding hydrogens is 359 g/mol. The molecule has 1 aliphatic carbocycles. The van der Waals surface area contributed by atoms with Crippen molar-refractivity contribution in [2.45, 2.75) is 61.7 Å². The second-order valence-corrected chi connectivity index (χ2v) is 7.46. The summed E-state index contributed by atoms with van der Waals surface area (Å²) in [6.45, 7) is 4.36. The summed E-state index contributed by atoms with van der Waals surface area (Å²) in [4.78, 5) is 0. The van der Waals surface area contributed by atoms with E-state index in [2.05, 4.69) is 16.8 Å². The zero-order valence-corrected chi connectivity index (χ0v) is 15.3. The maximum Gasteiger partial charge on any atom is 0.416 e. The summed E-state index contributed by atoms with van der Waals surface area (Å²) in [6.07, 6.45) is 3.25. The molecule has 2 aromatic rings. The molecule has 0 unspecified atom stereocenters. The van der Waals surface area contributed by atoms with Crippen LogP contribution in [0.5, 0.6) is 0 Å². The number of alkyl halides is 3. The number of aromatic nitrogens is 3. The van der Waals surface area contributed by atoms with E-state index in [1.165, 1.54) is 43.2 Å². The van der Waals surface area contributed by atoms with Gasteiger partial charge in [-0.3, -0.25) is 0 Å². The van der Waals surface area contributed by atoms with Crippen LogP contribution < -0.4 is 0 Å². The minimum atomic E-state index is -4.35. The van der Waals surface area contributed by atoms with Gasteiger partial charge in [-0.1, -0.05) is 55.3 Å². The molecular formula is C19H22F3N3S. The van der Waals surface area contributed by atoms with E-state index in [-0.39, 0.29) is 11.3 Å². The third kappa shape index (κ3) is 4.31. The van der Waals surface area contributed by atoms with E-state index in [9.17, 15) is 13.2 Å². The van der Waals surface area contributed by atoms with Gasteiger partial charge in [0.05, 0.1) is 5.56 Å². The van der Waals surface area contributed by atoms with E-state index in [4.69, 9.17) is 0 Å². The van der Waals surface area contributed by atoms with Gasteiger partial charge in [0, 0.05) is 18.2 Å². The van der Waals surface area contributed by atoms with Crippen LogP contribution in [-0.4, -0.2) is 14.8 Å². The molecule has 26 heavy (non-hydrogen) atoms. The van der Waals surface area contributed by atoms with E-state index >= 15 is 0 Å². The molecule has 1 saturated carbocycles. The first kappa shape index (κ1) is 19.0. The third-order valence-corrected chi connectivity index (χ3v) is 5.72. The molecule has 0 amide bonds. The second-order valence-electron chi connectivity index (χ2n) is 6.52. The second kappa shape index (κ2) is 8.29. The Kier molecular flexibility index (Phi) is 6.06. The first-order chi connectivity index (χ1) is 12.5. The van der Waals surface area contributed by atoms with Crippen LogP contribution in [0.3, 0.4) is 0 Å².